The summed E-state index contributed by atoms with van der Waals surface area (Å²) in [5.74, 6) is 0.0269. The van der Waals surface area contributed by atoms with Crippen LogP contribution >= 0.6 is 0 Å². The first-order chi connectivity index (χ1) is 14.2. The predicted octanol–water partition coefficient (Wildman–Crippen LogP) is 2.75. The van der Waals surface area contributed by atoms with Gasteiger partial charge in [-0.3, -0.25) is 9.59 Å². The van der Waals surface area contributed by atoms with Crippen LogP contribution in [0, 0.1) is 5.92 Å². The number of carbonyl (C=O) groups is 2. The van der Waals surface area contributed by atoms with Gasteiger partial charge in [0, 0.05) is 23.8 Å². The van der Waals surface area contributed by atoms with Gasteiger partial charge in [0.15, 0.2) is 0 Å². The van der Waals surface area contributed by atoms with Crippen molar-refractivity contribution in [2.24, 2.45) is 5.92 Å². The SMILES string of the molecule is O=C(N[C@@H](C(=O)NCC1CCNCC1)c1ccccc1)c1ccc2cc[nH]c2c1. The second kappa shape index (κ2) is 8.92. The van der Waals surface area contributed by atoms with E-state index in [1.165, 1.54) is 0 Å². The summed E-state index contributed by atoms with van der Waals surface area (Å²) >= 11 is 0. The van der Waals surface area contributed by atoms with Crippen LogP contribution in [0.5, 0.6) is 0 Å². The molecule has 4 rings (SSSR count). The normalized spacial score (nSPS) is 15.7. The van der Waals surface area contributed by atoms with Crippen LogP contribution in [-0.4, -0.2) is 36.4 Å². The molecule has 1 fully saturated rings. The third kappa shape index (κ3) is 4.66. The Morgan fingerprint density at radius 2 is 1.83 bits per heavy atom. The number of nitrogens with one attached hydrogen (secondary N) is 4. The van der Waals surface area contributed by atoms with Crippen molar-refractivity contribution in [2.45, 2.75) is 18.9 Å². The van der Waals surface area contributed by atoms with Gasteiger partial charge in [0.2, 0.25) is 5.91 Å². The number of amides is 2. The van der Waals surface area contributed by atoms with Crippen molar-refractivity contribution in [2.75, 3.05) is 19.6 Å². The third-order valence-electron chi connectivity index (χ3n) is 5.51. The molecule has 0 aliphatic carbocycles. The molecule has 29 heavy (non-hydrogen) atoms. The molecule has 0 saturated carbocycles. The second-order valence-electron chi connectivity index (χ2n) is 7.54. The van der Waals surface area contributed by atoms with Crippen molar-refractivity contribution >= 4 is 22.7 Å². The first kappa shape index (κ1) is 19.2. The van der Waals surface area contributed by atoms with Crippen molar-refractivity contribution in [1.82, 2.24) is 20.9 Å². The quantitative estimate of drug-likeness (QED) is 0.522. The Morgan fingerprint density at radius 3 is 2.62 bits per heavy atom. The molecule has 2 amide bonds. The number of H-pyrrole nitrogens is 1. The van der Waals surface area contributed by atoms with Crippen LogP contribution in [0.4, 0.5) is 0 Å². The van der Waals surface area contributed by atoms with Gasteiger partial charge in [-0.05, 0) is 61.0 Å². The number of benzene rings is 2. The van der Waals surface area contributed by atoms with Gasteiger partial charge in [0.05, 0.1) is 0 Å². The van der Waals surface area contributed by atoms with Crippen molar-refractivity contribution in [3.8, 4) is 0 Å². The van der Waals surface area contributed by atoms with E-state index in [4.69, 9.17) is 0 Å². The molecule has 0 bridgehead atoms. The highest BCUT2D eigenvalue weighted by Gasteiger charge is 2.24. The molecule has 2 heterocycles. The smallest absolute Gasteiger partial charge is 0.252 e. The topological polar surface area (TPSA) is 86.0 Å². The fourth-order valence-electron chi connectivity index (χ4n) is 3.78. The summed E-state index contributed by atoms with van der Waals surface area (Å²) in [7, 11) is 0. The van der Waals surface area contributed by atoms with Crippen LogP contribution in [0.15, 0.2) is 60.8 Å². The van der Waals surface area contributed by atoms with Gasteiger partial charge in [-0.1, -0.05) is 36.4 Å². The Balaban J connectivity index is 1.48. The zero-order chi connectivity index (χ0) is 20.1. The maximum atomic E-state index is 13.0. The Labute approximate surface area is 170 Å². The van der Waals surface area contributed by atoms with Crippen LogP contribution in [0.1, 0.15) is 34.8 Å². The molecule has 1 aliphatic rings. The first-order valence-corrected chi connectivity index (χ1v) is 10.1. The molecular formula is C23H26N4O2. The Kier molecular flexibility index (Phi) is 5.91. The van der Waals surface area contributed by atoms with Gasteiger partial charge in [0.25, 0.3) is 5.91 Å². The Morgan fingerprint density at radius 1 is 1.03 bits per heavy atom. The van der Waals surface area contributed by atoms with E-state index >= 15 is 0 Å². The van der Waals surface area contributed by atoms with E-state index in [9.17, 15) is 9.59 Å². The highest BCUT2D eigenvalue weighted by molar-refractivity contribution is 6.00. The lowest BCUT2D eigenvalue weighted by Crippen LogP contribution is -2.43. The van der Waals surface area contributed by atoms with E-state index in [1.807, 2.05) is 48.7 Å². The Hall–Kier alpha value is -3.12. The van der Waals surface area contributed by atoms with E-state index in [0.717, 1.165) is 42.4 Å². The minimum atomic E-state index is -0.732. The van der Waals surface area contributed by atoms with E-state index in [1.54, 1.807) is 12.1 Å². The van der Waals surface area contributed by atoms with Gasteiger partial charge in [-0.25, -0.2) is 0 Å². The van der Waals surface area contributed by atoms with Gasteiger partial charge in [0.1, 0.15) is 6.04 Å². The van der Waals surface area contributed by atoms with E-state index in [0.29, 0.717) is 18.0 Å². The van der Waals surface area contributed by atoms with Gasteiger partial charge < -0.3 is 20.9 Å². The summed E-state index contributed by atoms with van der Waals surface area (Å²) < 4.78 is 0. The largest absolute Gasteiger partial charge is 0.361 e. The van der Waals surface area contributed by atoms with Crippen molar-refractivity contribution < 1.29 is 9.59 Å². The molecule has 6 nitrogen and oxygen atoms in total. The van der Waals surface area contributed by atoms with Crippen molar-refractivity contribution in [1.29, 1.82) is 0 Å². The van der Waals surface area contributed by atoms with Crippen LogP contribution < -0.4 is 16.0 Å². The molecule has 1 aliphatic heterocycles. The molecular weight excluding hydrogens is 364 g/mol. The molecule has 1 aromatic heterocycles. The molecule has 4 N–H and O–H groups in total. The first-order valence-electron chi connectivity index (χ1n) is 10.1. The highest BCUT2D eigenvalue weighted by atomic mass is 16.2. The van der Waals surface area contributed by atoms with Crippen LogP contribution in [-0.2, 0) is 4.79 Å². The van der Waals surface area contributed by atoms with Crippen molar-refractivity contribution in [3.63, 3.8) is 0 Å². The predicted molar refractivity (Wildman–Crippen MR) is 114 cm³/mol. The Bertz CT molecular complexity index is 977. The zero-order valence-electron chi connectivity index (χ0n) is 16.3. The van der Waals surface area contributed by atoms with Gasteiger partial charge in [-0.2, -0.15) is 0 Å². The molecule has 0 radical (unpaired) electrons. The van der Waals surface area contributed by atoms with E-state index in [2.05, 4.69) is 20.9 Å². The molecule has 150 valence electrons. The zero-order valence-corrected chi connectivity index (χ0v) is 16.3. The number of hydrogen-bond acceptors (Lipinski definition) is 3. The summed E-state index contributed by atoms with van der Waals surface area (Å²) in [5.41, 5.74) is 2.18. The average molecular weight is 390 g/mol. The number of piperidine rings is 1. The lowest BCUT2D eigenvalue weighted by molar-refractivity contribution is -0.123. The summed E-state index contributed by atoms with van der Waals surface area (Å²) in [6, 6.07) is 16.1. The number of fused-ring (bicyclic) bond motifs is 1. The maximum absolute atomic E-state index is 13.0. The maximum Gasteiger partial charge on any atom is 0.252 e. The molecule has 1 saturated heterocycles. The van der Waals surface area contributed by atoms with Gasteiger partial charge in [-0.15, -0.1) is 0 Å². The second-order valence-corrected chi connectivity index (χ2v) is 7.54. The molecule has 6 heteroatoms. The standard InChI is InChI=1S/C23H26N4O2/c28-22(19-7-6-17-10-13-25-20(17)14-19)27-21(18-4-2-1-3-5-18)23(29)26-15-16-8-11-24-12-9-16/h1-7,10,13-14,16,21,24-25H,8-9,11-12,15H2,(H,26,29)(H,27,28)/t21-/m1/s1. The summed E-state index contributed by atoms with van der Waals surface area (Å²) in [6.45, 7) is 2.61. The van der Waals surface area contributed by atoms with Crippen LogP contribution in [0.25, 0.3) is 10.9 Å². The molecule has 3 aromatic rings. The number of aromatic nitrogens is 1. The number of hydrogen-bond donors (Lipinski definition) is 4. The van der Waals surface area contributed by atoms with Crippen molar-refractivity contribution in [3.05, 3.63) is 71.9 Å². The number of carbonyl (C=O) groups excluding carboxylic acids is 2. The van der Waals surface area contributed by atoms with Crippen LogP contribution in [0.2, 0.25) is 0 Å². The minimum absolute atomic E-state index is 0.177. The summed E-state index contributed by atoms with van der Waals surface area (Å²) in [5, 5.41) is 10.3. The van der Waals surface area contributed by atoms with Gasteiger partial charge >= 0.3 is 0 Å². The molecule has 1 atom stereocenters. The highest BCUT2D eigenvalue weighted by Crippen LogP contribution is 2.18. The monoisotopic (exact) mass is 390 g/mol. The fourth-order valence-corrected chi connectivity index (χ4v) is 3.78. The summed E-state index contributed by atoms with van der Waals surface area (Å²) in [6.07, 6.45) is 3.95. The van der Waals surface area contributed by atoms with E-state index in [-0.39, 0.29) is 11.8 Å². The minimum Gasteiger partial charge on any atom is -0.361 e. The average Bonchev–Trinajstić information content (AvgIpc) is 3.25. The molecule has 2 aromatic carbocycles. The van der Waals surface area contributed by atoms with E-state index < -0.39 is 6.04 Å². The molecule has 0 unspecified atom stereocenters. The number of rotatable bonds is 6. The van der Waals surface area contributed by atoms with Crippen LogP contribution in [0.3, 0.4) is 0 Å². The summed E-state index contributed by atoms with van der Waals surface area (Å²) in [4.78, 5) is 29.0. The lowest BCUT2D eigenvalue weighted by Gasteiger charge is -2.24. The third-order valence-corrected chi connectivity index (χ3v) is 5.51. The fraction of sp³-hybridized carbons (Fsp3) is 0.304. The number of aromatic amines is 1. The lowest BCUT2D eigenvalue weighted by atomic mass is 9.98. The molecule has 0 spiro atoms.